The Balaban J connectivity index is 1.73. The van der Waals surface area contributed by atoms with E-state index < -0.39 is 5.97 Å². The molecule has 0 aliphatic carbocycles. The lowest BCUT2D eigenvalue weighted by molar-refractivity contribution is 0.0527. The average molecular weight is 438 g/mol. The molecule has 0 fully saturated rings. The Morgan fingerprint density at radius 3 is 2.52 bits per heavy atom. The molecule has 0 bridgehead atoms. The number of phenolic OH excluding ortho intramolecular Hbond substituents is 1. The number of ether oxygens (including phenoxy) is 2. The molecule has 4 rings (SSSR count). The van der Waals surface area contributed by atoms with E-state index in [1.807, 2.05) is 55.5 Å². The van der Waals surface area contributed by atoms with Gasteiger partial charge in [0.1, 0.15) is 5.75 Å². The molecule has 6 heteroatoms. The minimum Gasteiger partial charge on any atom is -0.507 e. The van der Waals surface area contributed by atoms with E-state index in [1.54, 1.807) is 13.0 Å². The maximum absolute atomic E-state index is 12.7. The van der Waals surface area contributed by atoms with Crippen LogP contribution in [-0.4, -0.2) is 28.9 Å². The number of benzene rings is 3. The zero-order valence-electron chi connectivity index (χ0n) is 17.5. The van der Waals surface area contributed by atoms with Gasteiger partial charge in [-0.1, -0.05) is 54.1 Å². The van der Waals surface area contributed by atoms with Crippen molar-refractivity contribution in [2.75, 3.05) is 13.2 Å². The van der Waals surface area contributed by atoms with Crippen LogP contribution in [0.4, 0.5) is 0 Å². The van der Waals surface area contributed by atoms with Crippen LogP contribution < -0.4 is 0 Å². The van der Waals surface area contributed by atoms with Crippen molar-refractivity contribution in [1.82, 2.24) is 4.57 Å². The lowest BCUT2D eigenvalue weighted by Gasteiger charge is -2.12. The van der Waals surface area contributed by atoms with E-state index in [2.05, 4.69) is 4.57 Å². The number of hydrogen-bond acceptors (Lipinski definition) is 4. The molecule has 0 saturated heterocycles. The number of carbonyl (C=O) groups is 1. The van der Waals surface area contributed by atoms with E-state index in [0.29, 0.717) is 35.7 Å². The third kappa shape index (κ3) is 3.99. The summed E-state index contributed by atoms with van der Waals surface area (Å²) in [6.07, 6.45) is 0. The van der Waals surface area contributed by atoms with Crippen molar-refractivity contribution in [1.29, 1.82) is 0 Å². The van der Waals surface area contributed by atoms with Crippen molar-refractivity contribution in [3.05, 3.63) is 76.4 Å². The van der Waals surface area contributed by atoms with Crippen LogP contribution in [0.15, 0.2) is 54.6 Å². The largest absolute Gasteiger partial charge is 0.507 e. The molecular formula is C25H24ClNO4. The maximum Gasteiger partial charge on any atom is 0.340 e. The lowest BCUT2D eigenvalue weighted by Crippen LogP contribution is -2.10. The third-order valence-corrected chi connectivity index (χ3v) is 5.82. The second-order valence-electron chi connectivity index (χ2n) is 7.31. The van der Waals surface area contributed by atoms with Gasteiger partial charge in [0, 0.05) is 33.4 Å². The number of aromatic nitrogens is 1. The normalized spacial score (nSPS) is 11.3. The van der Waals surface area contributed by atoms with Crippen molar-refractivity contribution in [3.8, 4) is 5.75 Å². The smallest absolute Gasteiger partial charge is 0.340 e. The quantitative estimate of drug-likeness (QED) is 0.291. The van der Waals surface area contributed by atoms with Gasteiger partial charge in [-0.3, -0.25) is 0 Å². The number of hydrogen-bond donors (Lipinski definition) is 1. The highest BCUT2D eigenvalue weighted by molar-refractivity contribution is 6.31. The molecule has 1 heterocycles. The second-order valence-corrected chi connectivity index (χ2v) is 7.72. The molecule has 4 aromatic rings. The van der Waals surface area contributed by atoms with Gasteiger partial charge in [-0.05, 0) is 31.5 Å². The monoisotopic (exact) mass is 437 g/mol. The topological polar surface area (TPSA) is 60.7 Å². The van der Waals surface area contributed by atoms with Crippen LogP contribution in [0, 0.1) is 6.92 Å². The van der Waals surface area contributed by atoms with Gasteiger partial charge >= 0.3 is 5.97 Å². The van der Waals surface area contributed by atoms with Crippen LogP contribution in [0.3, 0.4) is 0 Å². The van der Waals surface area contributed by atoms with Gasteiger partial charge in [-0.25, -0.2) is 4.79 Å². The summed E-state index contributed by atoms with van der Waals surface area (Å²) in [6, 6.07) is 16.9. The SMILES string of the molecule is CCOC(=O)c1c(C)n(CCOCc2ccccc2Cl)c2c1cc(O)c1ccccc12. The zero-order valence-corrected chi connectivity index (χ0v) is 18.3. The summed E-state index contributed by atoms with van der Waals surface area (Å²) in [7, 11) is 0. The summed E-state index contributed by atoms with van der Waals surface area (Å²) < 4.78 is 13.3. The van der Waals surface area contributed by atoms with Crippen LogP contribution >= 0.6 is 11.6 Å². The first-order valence-electron chi connectivity index (χ1n) is 10.2. The highest BCUT2D eigenvalue weighted by atomic mass is 35.5. The molecule has 5 nitrogen and oxygen atoms in total. The molecule has 1 N–H and O–H groups in total. The predicted octanol–water partition coefficient (Wildman–Crippen LogP) is 5.86. The molecule has 0 aliphatic heterocycles. The minimum atomic E-state index is -0.393. The number of fused-ring (bicyclic) bond motifs is 3. The van der Waals surface area contributed by atoms with Gasteiger partial charge in [0.2, 0.25) is 0 Å². The van der Waals surface area contributed by atoms with Crippen LogP contribution in [0.2, 0.25) is 5.02 Å². The van der Waals surface area contributed by atoms with E-state index in [4.69, 9.17) is 21.1 Å². The van der Waals surface area contributed by atoms with Crippen molar-refractivity contribution >= 4 is 39.2 Å². The first kappa shape index (κ1) is 21.2. The number of nitrogens with zero attached hydrogens (tertiary/aromatic N) is 1. The van der Waals surface area contributed by atoms with Gasteiger partial charge in [0.15, 0.2) is 0 Å². The van der Waals surface area contributed by atoms with Crippen LogP contribution in [0.25, 0.3) is 21.7 Å². The average Bonchev–Trinajstić information content (AvgIpc) is 3.04. The summed E-state index contributed by atoms with van der Waals surface area (Å²) in [4.78, 5) is 12.7. The Hall–Kier alpha value is -3.02. The fourth-order valence-electron chi connectivity index (χ4n) is 4.01. The van der Waals surface area contributed by atoms with E-state index in [0.717, 1.165) is 27.5 Å². The van der Waals surface area contributed by atoms with E-state index >= 15 is 0 Å². The standard InChI is InChI=1S/C25H24ClNO4/c1-3-31-25(29)23-16(2)27(12-13-30-15-17-8-4-7-11-21(17)26)24-19-10-6-5-9-18(19)22(28)14-20(23)24/h4-11,14,28H,3,12-13,15H2,1-2H3. The lowest BCUT2D eigenvalue weighted by atomic mass is 10.0. The van der Waals surface area contributed by atoms with Crippen LogP contribution in [0.5, 0.6) is 5.75 Å². The predicted molar refractivity (Wildman–Crippen MR) is 123 cm³/mol. The molecule has 0 radical (unpaired) electrons. The first-order chi connectivity index (χ1) is 15.0. The maximum atomic E-state index is 12.7. The van der Waals surface area contributed by atoms with Crippen molar-refractivity contribution < 1.29 is 19.4 Å². The Kier molecular flexibility index (Phi) is 6.16. The van der Waals surface area contributed by atoms with E-state index in [9.17, 15) is 9.90 Å². The molecular weight excluding hydrogens is 414 g/mol. The van der Waals surface area contributed by atoms with Crippen LogP contribution in [-0.2, 0) is 22.6 Å². The summed E-state index contributed by atoms with van der Waals surface area (Å²) >= 11 is 6.21. The highest BCUT2D eigenvalue weighted by Crippen LogP contribution is 2.37. The van der Waals surface area contributed by atoms with Crippen LogP contribution in [0.1, 0.15) is 28.5 Å². The van der Waals surface area contributed by atoms with Gasteiger partial charge in [0.25, 0.3) is 0 Å². The number of phenols is 1. The number of esters is 1. The molecule has 0 spiro atoms. The fourth-order valence-corrected chi connectivity index (χ4v) is 4.20. The van der Waals surface area contributed by atoms with Crippen molar-refractivity contribution in [2.45, 2.75) is 27.0 Å². The molecule has 0 unspecified atom stereocenters. The molecule has 160 valence electrons. The first-order valence-corrected chi connectivity index (χ1v) is 10.6. The molecule has 0 atom stereocenters. The van der Waals surface area contributed by atoms with Gasteiger partial charge in [-0.2, -0.15) is 0 Å². The Morgan fingerprint density at radius 2 is 1.77 bits per heavy atom. The number of rotatable bonds is 7. The molecule has 1 aromatic heterocycles. The Labute approximate surface area is 185 Å². The Morgan fingerprint density at radius 1 is 1.06 bits per heavy atom. The summed E-state index contributed by atoms with van der Waals surface area (Å²) in [5.41, 5.74) is 3.07. The Bertz CT molecular complexity index is 1260. The zero-order chi connectivity index (χ0) is 22.0. The minimum absolute atomic E-state index is 0.140. The summed E-state index contributed by atoms with van der Waals surface area (Å²) in [5, 5.41) is 13.5. The number of carbonyl (C=O) groups excluding carboxylic acids is 1. The van der Waals surface area contributed by atoms with Gasteiger partial charge in [0.05, 0.1) is 30.9 Å². The highest BCUT2D eigenvalue weighted by Gasteiger charge is 2.23. The molecule has 31 heavy (non-hydrogen) atoms. The number of aromatic hydroxyl groups is 1. The molecule has 0 amide bonds. The number of halogens is 1. The fraction of sp³-hybridized carbons (Fsp3) is 0.240. The van der Waals surface area contributed by atoms with E-state index in [1.165, 1.54) is 0 Å². The molecule has 0 saturated carbocycles. The van der Waals surface area contributed by atoms with Crippen molar-refractivity contribution in [2.24, 2.45) is 0 Å². The van der Waals surface area contributed by atoms with Gasteiger partial charge < -0.3 is 19.1 Å². The van der Waals surface area contributed by atoms with Gasteiger partial charge in [-0.15, -0.1) is 0 Å². The molecule has 3 aromatic carbocycles. The summed E-state index contributed by atoms with van der Waals surface area (Å²) in [6.45, 7) is 5.35. The molecule has 0 aliphatic rings. The van der Waals surface area contributed by atoms with E-state index in [-0.39, 0.29) is 12.4 Å². The third-order valence-electron chi connectivity index (χ3n) is 5.45. The van der Waals surface area contributed by atoms with Crippen molar-refractivity contribution in [3.63, 3.8) is 0 Å². The second kappa shape index (κ2) is 9.00. The summed E-state index contributed by atoms with van der Waals surface area (Å²) in [5.74, 6) is -0.254.